The van der Waals surface area contributed by atoms with Gasteiger partial charge in [0.15, 0.2) is 0 Å². The molecular weight excluding hydrogens is 275 g/mol. The highest BCUT2D eigenvalue weighted by Gasteiger charge is 2.31. The Morgan fingerprint density at radius 2 is 2.00 bits per heavy atom. The number of hydrogen-bond donors (Lipinski definition) is 1. The minimum absolute atomic E-state index is 0.175. The Morgan fingerprint density at radius 3 is 2.65 bits per heavy atom. The third-order valence-corrected chi connectivity index (χ3v) is 5.05. The highest BCUT2D eigenvalue weighted by Crippen LogP contribution is 2.30. The van der Waals surface area contributed by atoms with Crippen LogP contribution in [0.1, 0.15) is 37.7 Å². The van der Waals surface area contributed by atoms with Gasteiger partial charge in [-0.05, 0) is 37.9 Å². The standard InChI is InChI=1S/C16H22ClFN2/c17-15-6-3-7-16(18)14(15)11-20(12-4-1-2-5-12)13-8-9-19-10-13/h3,6-7,12-13,19H,1-2,4-5,8-11H2/t13-/m0/s1. The van der Waals surface area contributed by atoms with Crippen LogP contribution < -0.4 is 5.32 Å². The SMILES string of the molecule is Fc1cccc(Cl)c1CN(C1CCCC1)[C@H]1CCNC1. The molecule has 4 heteroatoms. The van der Waals surface area contributed by atoms with Gasteiger partial charge in [-0.15, -0.1) is 0 Å². The van der Waals surface area contributed by atoms with Gasteiger partial charge < -0.3 is 5.32 Å². The minimum atomic E-state index is -0.175. The maximum Gasteiger partial charge on any atom is 0.129 e. The molecule has 1 saturated heterocycles. The van der Waals surface area contributed by atoms with Crippen LogP contribution in [0.3, 0.4) is 0 Å². The van der Waals surface area contributed by atoms with Crippen molar-refractivity contribution in [3.05, 3.63) is 34.6 Å². The van der Waals surface area contributed by atoms with Crippen LogP contribution in [0.25, 0.3) is 0 Å². The van der Waals surface area contributed by atoms with Crippen LogP contribution in [0.15, 0.2) is 18.2 Å². The van der Waals surface area contributed by atoms with Gasteiger partial charge in [0.25, 0.3) is 0 Å². The zero-order valence-electron chi connectivity index (χ0n) is 11.7. The van der Waals surface area contributed by atoms with Gasteiger partial charge in [0.2, 0.25) is 0 Å². The highest BCUT2D eigenvalue weighted by molar-refractivity contribution is 6.31. The molecule has 1 N–H and O–H groups in total. The molecule has 1 aromatic rings. The first kappa shape index (κ1) is 14.3. The molecule has 3 rings (SSSR count). The predicted octanol–water partition coefficient (Wildman–Crippen LogP) is 3.59. The van der Waals surface area contributed by atoms with E-state index in [0.29, 0.717) is 29.2 Å². The van der Waals surface area contributed by atoms with Crippen LogP contribution >= 0.6 is 11.6 Å². The summed E-state index contributed by atoms with van der Waals surface area (Å²) in [6.07, 6.45) is 6.23. The normalized spacial score (nSPS) is 23.9. The van der Waals surface area contributed by atoms with Crippen molar-refractivity contribution in [3.63, 3.8) is 0 Å². The second-order valence-corrected chi connectivity index (χ2v) is 6.36. The summed E-state index contributed by atoms with van der Waals surface area (Å²) in [6, 6.07) is 6.10. The van der Waals surface area contributed by atoms with Gasteiger partial charge in [-0.25, -0.2) is 4.39 Å². The van der Waals surface area contributed by atoms with Gasteiger partial charge in [-0.2, -0.15) is 0 Å². The number of halogens is 2. The molecule has 1 aromatic carbocycles. The topological polar surface area (TPSA) is 15.3 Å². The fourth-order valence-electron chi connectivity index (χ4n) is 3.58. The average molecular weight is 297 g/mol. The molecule has 0 aromatic heterocycles. The third-order valence-electron chi connectivity index (χ3n) is 4.70. The first-order chi connectivity index (χ1) is 9.75. The largest absolute Gasteiger partial charge is 0.315 e. The molecule has 0 amide bonds. The molecular formula is C16H22ClFN2. The lowest BCUT2D eigenvalue weighted by Gasteiger charge is -2.34. The Kier molecular flexibility index (Phi) is 4.59. The summed E-state index contributed by atoms with van der Waals surface area (Å²) in [4.78, 5) is 2.50. The molecule has 1 aliphatic heterocycles. The van der Waals surface area contributed by atoms with Gasteiger partial charge in [0.1, 0.15) is 5.82 Å². The van der Waals surface area contributed by atoms with E-state index in [4.69, 9.17) is 11.6 Å². The fraction of sp³-hybridized carbons (Fsp3) is 0.625. The van der Waals surface area contributed by atoms with Crippen molar-refractivity contribution in [1.82, 2.24) is 10.2 Å². The number of nitrogens with one attached hydrogen (secondary N) is 1. The van der Waals surface area contributed by atoms with Gasteiger partial charge >= 0.3 is 0 Å². The Bertz CT molecular complexity index is 418. The van der Waals surface area contributed by atoms with Crippen molar-refractivity contribution < 1.29 is 4.39 Å². The summed E-state index contributed by atoms with van der Waals surface area (Å²) in [5, 5.41) is 3.98. The average Bonchev–Trinajstić information content (AvgIpc) is 3.12. The molecule has 2 fully saturated rings. The number of rotatable bonds is 4. The molecule has 1 heterocycles. The molecule has 0 bridgehead atoms. The van der Waals surface area contributed by atoms with E-state index < -0.39 is 0 Å². The summed E-state index contributed by atoms with van der Waals surface area (Å²) < 4.78 is 14.1. The van der Waals surface area contributed by atoms with Crippen molar-refractivity contribution in [1.29, 1.82) is 0 Å². The minimum Gasteiger partial charge on any atom is -0.315 e. The predicted molar refractivity (Wildman–Crippen MR) is 80.5 cm³/mol. The van der Waals surface area contributed by atoms with E-state index >= 15 is 0 Å². The van der Waals surface area contributed by atoms with Gasteiger partial charge in [-0.1, -0.05) is 30.5 Å². The van der Waals surface area contributed by atoms with Crippen LogP contribution in [0.4, 0.5) is 4.39 Å². The van der Waals surface area contributed by atoms with Gasteiger partial charge in [-0.3, -0.25) is 4.90 Å². The summed E-state index contributed by atoms with van der Waals surface area (Å²) in [5.74, 6) is -0.175. The Balaban J connectivity index is 1.81. The zero-order valence-corrected chi connectivity index (χ0v) is 12.5. The third kappa shape index (κ3) is 3.00. The maximum atomic E-state index is 14.1. The van der Waals surface area contributed by atoms with Crippen molar-refractivity contribution in [2.75, 3.05) is 13.1 Å². The van der Waals surface area contributed by atoms with E-state index in [2.05, 4.69) is 10.2 Å². The summed E-state index contributed by atoms with van der Waals surface area (Å²) >= 11 is 6.20. The molecule has 0 unspecified atom stereocenters. The molecule has 1 aliphatic carbocycles. The molecule has 0 radical (unpaired) electrons. The van der Waals surface area contributed by atoms with Crippen LogP contribution in [0, 0.1) is 5.82 Å². The molecule has 20 heavy (non-hydrogen) atoms. The van der Waals surface area contributed by atoms with Gasteiger partial charge in [0, 0.05) is 35.8 Å². The maximum absolute atomic E-state index is 14.1. The van der Waals surface area contributed by atoms with Crippen molar-refractivity contribution in [2.24, 2.45) is 0 Å². The van der Waals surface area contributed by atoms with Crippen LogP contribution in [0.2, 0.25) is 5.02 Å². The molecule has 110 valence electrons. The summed E-state index contributed by atoms with van der Waals surface area (Å²) in [7, 11) is 0. The van der Waals surface area contributed by atoms with Crippen molar-refractivity contribution >= 4 is 11.6 Å². The Labute approximate surface area is 125 Å². The number of hydrogen-bond acceptors (Lipinski definition) is 2. The lowest BCUT2D eigenvalue weighted by Crippen LogP contribution is -2.42. The first-order valence-electron chi connectivity index (χ1n) is 7.65. The number of benzene rings is 1. The summed E-state index contributed by atoms with van der Waals surface area (Å²) in [6.45, 7) is 2.73. The molecule has 0 spiro atoms. The van der Waals surface area contributed by atoms with Crippen LogP contribution in [-0.2, 0) is 6.54 Å². The van der Waals surface area contributed by atoms with Crippen LogP contribution in [0.5, 0.6) is 0 Å². The molecule has 2 nitrogen and oxygen atoms in total. The van der Waals surface area contributed by atoms with E-state index in [0.717, 1.165) is 19.5 Å². The molecule has 2 aliphatic rings. The van der Waals surface area contributed by atoms with E-state index in [1.165, 1.54) is 31.7 Å². The smallest absolute Gasteiger partial charge is 0.129 e. The van der Waals surface area contributed by atoms with Gasteiger partial charge in [0.05, 0.1) is 0 Å². The lowest BCUT2D eigenvalue weighted by molar-refractivity contribution is 0.134. The Morgan fingerprint density at radius 1 is 1.20 bits per heavy atom. The fourth-order valence-corrected chi connectivity index (χ4v) is 3.80. The van der Waals surface area contributed by atoms with Crippen molar-refractivity contribution in [2.45, 2.75) is 50.7 Å². The van der Waals surface area contributed by atoms with E-state index in [1.807, 2.05) is 0 Å². The molecule has 1 atom stereocenters. The van der Waals surface area contributed by atoms with Crippen LogP contribution in [-0.4, -0.2) is 30.1 Å². The lowest BCUT2D eigenvalue weighted by atomic mass is 10.1. The van der Waals surface area contributed by atoms with E-state index in [-0.39, 0.29) is 5.82 Å². The van der Waals surface area contributed by atoms with E-state index in [1.54, 1.807) is 12.1 Å². The second-order valence-electron chi connectivity index (χ2n) is 5.96. The highest BCUT2D eigenvalue weighted by atomic mass is 35.5. The quantitative estimate of drug-likeness (QED) is 0.913. The first-order valence-corrected chi connectivity index (χ1v) is 8.03. The Hall–Kier alpha value is -0.640. The monoisotopic (exact) mass is 296 g/mol. The van der Waals surface area contributed by atoms with E-state index in [9.17, 15) is 4.39 Å². The summed E-state index contributed by atoms with van der Waals surface area (Å²) in [5.41, 5.74) is 0.660. The number of nitrogens with zero attached hydrogens (tertiary/aromatic N) is 1. The second kappa shape index (κ2) is 6.42. The molecule has 1 saturated carbocycles. The zero-order chi connectivity index (χ0) is 13.9. The van der Waals surface area contributed by atoms with Crippen molar-refractivity contribution in [3.8, 4) is 0 Å².